The highest BCUT2D eigenvalue weighted by atomic mass is 19.1. The van der Waals surface area contributed by atoms with Crippen LogP contribution < -0.4 is 10.1 Å². The Bertz CT molecular complexity index is 1090. The average molecular weight is 528 g/mol. The Morgan fingerprint density at radius 2 is 2.11 bits per heavy atom. The number of carboxylic acids is 1. The fourth-order valence-electron chi connectivity index (χ4n) is 5.42. The van der Waals surface area contributed by atoms with Crippen LogP contribution in [0.15, 0.2) is 24.3 Å². The van der Waals surface area contributed by atoms with Crippen molar-refractivity contribution in [1.82, 2.24) is 9.88 Å². The Balaban J connectivity index is 1.27. The first-order valence-electron chi connectivity index (χ1n) is 14.1. The first kappa shape index (κ1) is 28.3. The molecule has 2 aromatic rings. The van der Waals surface area contributed by atoms with Crippen LogP contribution in [-0.4, -0.2) is 59.9 Å². The number of aliphatic carboxylic acids is 1. The van der Waals surface area contributed by atoms with Crippen LogP contribution in [-0.2, 0) is 22.4 Å². The zero-order valence-electron chi connectivity index (χ0n) is 23.0. The molecule has 1 aromatic heterocycles. The topological polar surface area (TPSA) is 83.9 Å². The first-order chi connectivity index (χ1) is 18.4. The maximum Gasteiger partial charge on any atom is 0.325 e. The molecular formula is C30H42FN3O4. The number of likely N-dealkylation sites (tertiary alicyclic amines) is 1. The van der Waals surface area contributed by atoms with Gasteiger partial charge in [-0.2, -0.15) is 0 Å². The van der Waals surface area contributed by atoms with Crippen LogP contribution in [0.25, 0.3) is 0 Å². The van der Waals surface area contributed by atoms with Crippen molar-refractivity contribution in [2.24, 2.45) is 0 Å². The van der Waals surface area contributed by atoms with Crippen molar-refractivity contribution in [3.05, 3.63) is 52.5 Å². The molecular weight excluding hydrogens is 485 g/mol. The van der Waals surface area contributed by atoms with E-state index in [1.54, 1.807) is 13.0 Å². The average Bonchev–Trinajstić information content (AvgIpc) is 3.35. The van der Waals surface area contributed by atoms with Gasteiger partial charge in [-0.1, -0.05) is 26.3 Å². The van der Waals surface area contributed by atoms with Gasteiger partial charge in [0.2, 0.25) is 0 Å². The minimum atomic E-state index is -1.00. The number of nitrogens with zero attached hydrogens (tertiary/aromatic N) is 2. The molecule has 38 heavy (non-hydrogen) atoms. The molecule has 2 N–H and O–H groups in total. The standard InChI is InChI=1S/C30H42FN3O4/c1-4-37-28-25(17-22(20(2)3)18-26(28)31)27(30(35)36)34-15-13-24(19-34)38-16-7-5-6-10-23-12-11-21-9-8-14-32-29(21)33-23/h11-12,17-18,20,24,27H,4-10,13-16,19H2,1-3H3,(H,32,33)(H,35,36)/t24-,27+/m1/s1. The molecule has 1 fully saturated rings. The second-order valence-electron chi connectivity index (χ2n) is 10.7. The van der Waals surface area contributed by atoms with E-state index >= 15 is 0 Å². The molecule has 1 aromatic carbocycles. The van der Waals surface area contributed by atoms with E-state index in [9.17, 15) is 14.3 Å². The second-order valence-corrected chi connectivity index (χ2v) is 10.7. The van der Waals surface area contributed by atoms with E-state index in [2.05, 4.69) is 17.4 Å². The molecule has 208 valence electrons. The fourth-order valence-corrected chi connectivity index (χ4v) is 5.42. The van der Waals surface area contributed by atoms with Crippen molar-refractivity contribution in [2.45, 2.75) is 83.8 Å². The van der Waals surface area contributed by atoms with Crippen LogP contribution in [0.1, 0.15) is 87.2 Å². The summed E-state index contributed by atoms with van der Waals surface area (Å²) in [6.45, 7) is 8.71. The highest BCUT2D eigenvalue weighted by Gasteiger charge is 2.37. The molecule has 2 atom stereocenters. The van der Waals surface area contributed by atoms with Crippen molar-refractivity contribution in [2.75, 3.05) is 38.2 Å². The number of carbonyl (C=O) groups is 1. The SMILES string of the molecule is CCOc1c(F)cc(C(C)C)cc1[C@@H](C(=O)O)N1CC[C@@H](OCCCCCc2ccc3c(n2)NCCC3)C1. The van der Waals surface area contributed by atoms with Gasteiger partial charge in [0, 0.05) is 37.5 Å². The molecule has 0 bridgehead atoms. The lowest BCUT2D eigenvalue weighted by Gasteiger charge is -2.27. The fraction of sp³-hybridized carbons (Fsp3) is 0.600. The van der Waals surface area contributed by atoms with E-state index in [1.807, 2.05) is 18.7 Å². The third-order valence-corrected chi connectivity index (χ3v) is 7.50. The summed E-state index contributed by atoms with van der Waals surface area (Å²) in [7, 11) is 0. The number of carboxylic acid groups (broad SMARTS) is 1. The minimum Gasteiger partial charge on any atom is -0.490 e. The third-order valence-electron chi connectivity index (χ3n) is 7.50. The third kappa shape index (κ3) is 7.03. The van der Waals surface area contributed by atoms with Crippen LogP contribution in [0.4, 0.5) is 10.2 Å². The molecule has 0 spiro atoms. The van der Waals surface area contributed by atoms with Crippen molar-refractivity contribution in [3.63, 3.8) is 0 Å². The van der Waals surface area contributed by atoms with E-state index < -0.39 is 17.8 Å². The predicted molar refractivity (Wildman–Crippen MR) is 147 cm³/mol. The van der Waals surface area contributed by atoms with Crippen LogP contribution in [0.3, 0.4) is 0 Å². The lowest BCUT2D eigenvalue weighted by atomic mass is 9.95. The highest BCUT2D eigenvalue weighted by molar-refractivity contribution is 5.77. The molecule has 0 radical (unpaired) electrons. The number of rotatable bonds is 13. The zero-order valence-corrected chi connectivity index (χ0v) is 23.0. The summed E-state index contributed by atoms with van der Waals surface area (Å²) in [6, 6.07) is 6.62. The number of hydrogen-bond donors (Lipinski definition) is 2. The Kier molecular flexibility index (Phi) is 9.97. The summed E-state index contributed by atoms with van der Waals surface area (Å²) < 4.78 is 26.6. The molecule has 8 heteroatoms. The molecule has 2 aliphatic heterocycles. The number of fused-ring (bicyclic) bond motifs is 1. The van der Waals surface area contributed by atoms with Crippen molar-refractivity contribution in [3.8, 4) is 5.75 Å². The van der Waals surface area contributed by atoms with Crippen molar-refractivity contribution < 1.29 is 23.8 Å². The lowest BCUT2D eigenvalue weighted by Crippen LogP contribution is -2.34. The smallest absolute Gasteiger partial charge is 0.325 e. The van der Waals surface area contributed by atoms with Gasteiger partial charge < -0.3 is 19.9 Å². The largest absolute Gasteiger partial charge is 0.490 e. The van der Waals surface area contributed by atoms with E-state index in [1.165, 1.54) is 18.1 Å². The minimum absolute atomic E-state index is 0.0288. The second kappa shape index (κ2) is 13.4. The summed E-state index contributed by atoms with van der Waals surface area (Å²) in [5, 5.41) is 13.5. The quantitative estimate of drug-likeness (QED) is 0.322. The molecule has 2 aliphatic rings. The highest BCUT2D eigenvalue weighted by Crippen LogP contribution is 2.37. The number of unbranched alkanes of at least 4 members (excludes halogenated alkanes) is 2. The molecule has 4 rings (SSSR count). The molecule has 0 aliphatic carbocycles. The number of hydrogen-bond acceptors (Lipinski definition) is 6. The van der Waals surface area contributed by atoms with E-state index in [-0.39, 0.29) is 24.4 Å². The van der Waals surface area contributed by atoms with Gasteiger partial charge >= 0.3 is 5.97 Å². The normalized spacial score (nSPS) is 18.3. The Morgan fingerprint density at radius 3 is 2.87 bits per heavy atom. The predicted octanol–water partition coefficient (Wildman–Crippen LogP) is 5.73. The zero-order chi connectivity index (χ0) is 27.1. The number of aromatic nitrogens is 1. The van der Waals surface area contributed by atoms with Gasteiger partial charge in [-0.05, 0) is 80.7 Å². The number of benzene rings is 1. The van der Waals surface area contributed by atoms with Gasteiger partial charge in [0.1, 0.15) is 11.9 Å². The van der Waals surface area contributed by atoms with E-state index in [0.29, 0.717) is 25.3 Å². The van der Waals surface area contributed by atoms with Crippen molar-refractivity contribution in [1.29, 1.82) is 0 Å². The van der Waals surface area contributed by atoms with Gasteiger partial charge in [-0.15, -0.1) is 0 Å². The number of halogens is 1. The Morgan fingerprint density at radius 1 is 1.26 bits per heavy atom. The van der Waals surface area contributed by atoms with Crippen LogP contribution in [0.2, 0.25) is 0 Å². The van der Waals surface area contributed by atoms with Crippen LogP contribution >= 0.6 is 0 Å². The lowest BCUT2D eigenvalue weighted by molar-refractivity contribution is -0.143. The summed E-state index contributed by atoms with van der Waals surface area (Å²) in [4.78, 5) is 19.0. The Labute approximate surface area is 225 Å². The molecule has 0 unspecified atom stereocenters. The maximum atomic E-state index is 14.9. The number of aryl methyl sites for hydroxylation is 2. The molecule has 1 saturated heterocycles. The first-order valence-corrected chi connectivity index (χ1v) is 14.1. The molecule has 0 saturated carbocycles. The maximum absolute atomic E-state index is 14.9. The molecule has 0 amide bonds. The summed E-state index contributed by atoms with van der Waals surface area (Å²) >= 11 is 0. The van der Waals surface area contributed by atoms with Gasteiger partial charge in [0.05, 0.1) is 12.7 Å². The monoisotopic (exact) mass is 527 g/mol. The number of pyridine rings is 1. The van der Waals surface area contributed by atoms with Gasteiger partial charge in [0.15, 0.2) is 11.6 Å². The Hall–Kier alpha value is -2.71. The number of nitrogens with one attached hydrogen (secondary N) is 1. The van der Waals surface area contributed by atoms with Gasteiger partial charge in [-0.25, -0.2) is 9.37 Å². The summed E-state index contributed by atoms with van der Waals surface area (Å²) in [5.74, 6) is -0.346. The van der Waals surface area contributed by atoms with Crippen LogP contribution in [0.5, 0.6) is 5.75 Å². The number of ether oxygens (including phenoxy) is 2. The molecule has 7 nitrogen and oxygen atoms in total. The van der Waals surface area contributed by atoms with Gasteiger partial charge in [-0.3, -0.25) is 9.69 Å². The van der Waals surface area contributed by atoms with Crippen LogP contribution in [0, 0.1) is 5.82 Å². The van der Waals surface area contributed by atoms with Crippen molar-refractivity contribution >= 4 is 11.8 Å². The van der Waals surface area contributed by atoms with Gasteiger partial charge in [0.25, 0.3) is 0 Å². The summed E-state index contributed by atoms with van der Waals surface area (Å²) in [5.41, 5.74) is 3.60. The van der Waals surface area contributed by atoms with E-state index in [0.717, 1.165) is 62.1 Å². The molecule has 3 heterocycles. The summed E-state index contributed by atoms with van der Waals surface area (Å²) in [6.07, 6.45) is 7.03. The number of anilines is 1. The van der Waals surface area contributed by atoms with E-state index in [4.69, 9.17) is 14.5 Å².